The van der Waals surface area contributed by atoms with E-state index in [1.807, 2.05) is 0 Å². The van der Waals surface area contributed by atoms with E-state index in [9.17, 15) is 13.2 Å². The second-order valence-electron chi connectivity index (χ2n) is 5.46. The van der Waals surface area contributed by atoms with Crippen LogP contribution in [0.4, 0.5) is 0 Å². The van der Waals surface area contributed by atoms with Crippen molar-refractivity contribution in [3.63, 3.8) is 0 Å². The number of benzene rings is 1. The Morgan fingerprint density at radius 2 is 2.05 bits per heavy atom. The maximum Gasteiger partial charge on any atom is 0.251 e. The molecule has 1 aromatic carbocycles. The lowest BCUT2D eigenvalue weighted by molar-refractivity contribution is 0.0819. The predicted octanol–water partition coefficient (Wildman–Crippen LogP) is 1.70. The van der Waals surface area contributed by atoms with E-state index in [2.05, 4.69) is 12.2 Å². The zero-order valence-corrected chi connectivity index (χ0v) is 12.6. The highest BCUT2D eigenvalue weighted by Gasteiger charge is 2.36. The summed E-state index contributed by atoms with van der Waals surface area (Å²) in [6.07, 6.45) is 4.05. The Labute approximate surface area is 119 Å². The molecule has 5 nitrogen and oxygen atoms in total. The highest BCUT2D eigenvalue weighted by Crippen LogP contribution is 2.35. The van der Waals surface area contributed by atoms with Gasteiger partial charge >= 0.3 is 0 Å². The van der Waals surface area contributed by atoms with Gasteiger partial charge in [0.05, 0.1) is 4.90 Å². The minimum Gasteiger partial charge on any atom is -0.347 e. The lowest BCUT2D eigenvalue weighted by atomic mass is 9.74. The number of hydrogen-bond acceptors (Lipinski definition) is 3. The van der Waals surface area contributed by atoms with E-state index in [1.165, 1.54) is 18.2 Å². The first-order valence-electron chi connectivity index (χ1n) is 6.73. The first-order valence-corrected chi connectivity index (χ1v) is 8.28. The molecule has 0 spiro atoms. The molecule has 0 aromatic heterocycles. The van der Waals surface area contributed by atoms with Crippen molar-refractivity contribution in [1.29, 1.82) is 0 Å². The number of carbonyl (C=O) groups is 1. The van der Waals surface area contributed by atoms with Crippen LogP contribution in [0.25, 0.3) is 0 Å². The standard InChI is InChI=1S/C14H20N2O3S/c1-3-14(7-4-8-14)16-13(17)12-6-5-11(9-10(12)2)20(15,18)19/h5-6,9H,3-4,7-8H2,1-2H3,(H,16,17)(H2,15,18,19). The third-order valence-corrected chi connectivity index (χ3v) is 5.05. The summed E-state index contributed by atoms with van der Waals surface area (Å²) in [7, 11) is -3.73. The van der Waals surface area contributed by atoms with Gasteiger partial charge in [-0.3, -0.25) is 4.79 Å². The lowest BCUT2D eigenvalue weighted by Gasteiger charge is -2.42. The summed E-state index contributed by atoms with van der Waals surface area (Å²) in [6, 6.07) is 4.33. The van der Waals surface area contributed by atoms with E-state index in [0.29, 0.717) is 11.1 Å². The summed E-state index contributed by atoms with van der Waals surface area (Å²) in [4.78, 5) is 12.3. The van der Waals surface area contributed by atoms with Crippen LogP contribution in [0.2, 0.25) is 0 Å². The zero-order chi connectivity index (χ0) is 15.0. The summed E-state index contributed by atoms with van der Waals surface area (Å²) >= 11 is 0. The summed E-state index contributed by atoms with van der Waals surface area (Å²) in [6.45, 7) is 3.78. The van der Waals surface area contributed by atoms with Crippen LogP contribution in [0.3, 0.4) is 0 Å². The highest BCUT2D eigenvalue weighted by molar-refractivity contribution is 7.89. The molecule has 1 aliphatic rings. The zero-order valence-electron chi connectivity index (χ0n) is 11.8. The van der Waals surface area contributed by atoms with E-state index in [0.717, 1.165) is 25.7 Å². The number of aryl methyl sites for hydroxylation is 1. The molecule has 6 heteroatoms. The van der Waals surface area contributed by atoms with Gasteiger partial charge in [-0.2, -0.15) is 0 Å². The lowest BCUT2D eigenvalue weighted by Crippen LogP contribution is -2.53. The number of nitrogens with one attached hydrogen (secondary N) is 1. The van der Waals surface area contributed by atoms with Gasteiger partial charge in [-0.05, 0) is 56.4 Å². The Bertz CT molecular complexity index is 628. The van der Waals surface area contributed by atoms with Gasteiger partial charge in [-0.25, -0.2) is 13.6 Å². The summed E-state index contributed by atoms with van der Waals surface area (Å²) < 4.78 is 22.5. The second kappa shape index (κ2) is 5.18. The topological polar surface area (TPSA) is 89.3 Å². The van der Waals surface area contributed by atoms with Crippen LogP contribution < -0.4 is 10.5 Å². The van der Waals surface area contributed by atoms with Gasteiger partial charge in [0.25, 0.3) is 5.91 Å². The van der Waals surface area contributed by atoms with Crippen molar-refractivity contribution in [2.24, 2.45) is 5.14 Å². The number of hydrogen-bond donors (Lipinski definition) is 2. The maximum atomic E-state index is 12.3. The quantitative estimate of drug-likeness (QED) is 0.886. The van der Waals surface area contributed by atoms with Crippen LogP contribution in [-0.4, -0.2) is 19.9 Å². The number of nitrogens with two attached hydrogens (primary N) is 1. The van der Waals surface area contributed by atoms with E-state index in [-0.39, 0.29) is 16.3 Å². The third-order valence-electron chi connectivity index (χ3n) is 4.14. The predicted molar refractivity (Wildman–Crippen MR) is 76.9 cm³/mol. The number of sulfonamides is 1. The van der Waals surface area contributed by atoms with Gasteiger partial charge < -0.3 is 5.32 Å². The molecule has 0 aliphatic heterocycles. The molecule has 110 valence electrons. The fourth-order valence-corrected chi connectivity index (χ4v) is 3.15. The minimum atomic E-state index is -3.73. The van der Waals surface area contributed by atoms with Crippen molar-refractivity contribution in [3.05, 3.63) is 29.3 Å². The number of primary sulfonamides is 1. The van der Waals surface area contributed by atoms with E-state index >= 15 is 0 Å². The highest BCUT2D eigenvalue weighted by atomic mass is 32.2. The first-order chi connectivity index (χ1) is 9.27. The monoisotopic (exact) mass is 296 g/mol. The number of carbonyl (C=O) groups excluding carboxylic acids is 1. The van der Waals surface area contributed by atoms with Crippen LogP contribution >= 0.6 is 0 Å². The number of rotatable bonds is 4. The SMILES string of the molecule is CCC1(NC(=O)c2ccc(S(N)(=O)=O)cc2C)CCC1. The molecule has 1 aromatic rings. The first kappa shape index (κ1) is 15.0. The van der Waals surface area contributed by atoms with Crippen LogP contribution in [0.5, 0.6) is 0 Å². The molecule has 1 saturated carbocycles. The molecule has 3 N–H and O–H groups in total. The molecule has 1 amide bonds. The molecule has 2 rings (SSSR count). The second-order valence-corrected chi connectivity index (χ2v) is 7.02. The number of amides is 1. The molecule has 1 fully saturated rings. The molecule has 0 heterocycles. The summed E-state index contributed by atoms with van der Waals surface area (Å²) in [5, 5.41) is 8.15. The molecule has 0 radical (unpaired) electrons. The van der Waals surface area contributed by atoms with E-state index in [1.54, 1.807) is 6.92 Å². The van der Waals surface area contributed by atoms with E-state index < -0.39 is 10.0 Å². The normalized spacial score (nSPS) is 17.4. The Hall–Kier alpha value is -1.40. The van der Waals surface area contributed by atoms with Gasteiger partial charge in [0.15, 0.2) is 0 Å². The van der Waals surface area contributed by atoms with Gasteiger partial charge in [0.1, 0.15) is 0 Å². The molecule has 20 heavy (non-hydrogen) atoms. The molecule has 0 unspecified atom stereocenters. The van der Waals surface area contributed by atoms with Crippen molar-refractivity contribution in [2.45, 2.75) is 50.0 Å². The maximum absolute atomic E-state index is 12.3. The Kier molecular flexibility index (Phi) is 3.88. The van der Waals surface area contributed by atoms with Crippen LogP contribution in [0.15, 0.2) is 23.1 Å². The summed E-state index contributed by atoms with van der Waals surface area (Å²) in [5.41, 5.74) is 1.03. The smallest absolute Gasteiger partial charge is 0.251 e. The molecule has 0 atom stereocenters. The Morgan fingerprint density at radius 1 is 1.40 bits per heavy atom. The molecule has 1 aliphatic carbocycles. The van der Waals surface area contributed by atoms with Crippen molar-refractivity contribution in [2.75, 3.05) is 0 Å². The van der Waals surface area contributed by atoms with Gasteiger partial charge in [-0.15, -0.1) is 0 Å². The van der Waals surface area contributed by atoms with Crippen LogP contribution in [-0.2, 0) is 10.0 Å². The molecule has 0 bridgehead atoms. The third kappa shape index (κ3) is 2.86. The fraction of sp³-hybridized carbons (Fsp3) is 0.500. The molecular formula is C14H20N2O3S. The van der Waals surface area contributed by atoms with Crippen molar-refractivity contribution >= 4 is 15.9 Å². The van der Waals surface area contributed by atoms with Crippen molar-refractivity contribution < 1.29 is 13.2 Å². The molecular weight excluding hydrogens is 276 g/mol. The van der Waals surface area contributed by atoms with Crippen molar-refractivity contribution in [3.8, 4) is 0 Å². The van der Waals surface area contributed by atoms with Crippen molar-refractivity contribution in [1.82, 2.24) is 5.32 Å². The fourth-order valence-electron chi connectivity index (χ4n) is 2.55. The van der Waals surface area contributed by atoms with Gasteiger partial charge in [0, 0.05) is 11.1 Å². The molecule has 0 saturated heterocycles. The largest absolute Gasteiger partial charge is 0.347 e. The summed E-state index contributed by atoms with van der Waals surface area (Å²) in [5.74, 6) is -0.148. The van der Waals surface area contributed by atoms with E-state index in [4.69, 9.17) is 5.14 Å². The average molecular weight is 296 g/mol. The van der Waals surface area contributed by atoms with Crippen LogP contribution in [0.1, 0.15) is 48.5 Å². The average Bonchev–Trinajstić information content (AvgIpc) is 2.32. The Morgan fingerprint density at radius 3 is 2.45 bits per heavy atom. The van der Waals surface area contributed by atoms with Gasteiger partial charge in [0.2, 0.25) is 10.0 Å². The Balaban J connectivity index is 2.23. The van der Waals surface area contributed by atoms with Gasteiger partial charge in [-0.1, -0.05) is 6.92 Å². The minimum absolute atomic E-state index is 0.0281. The van der Waals surface area contributed by atoms with Crippen LogP contribution in [0, 0.1) is 6.92 Å².